The molecule has 2 aromatic rings. The first-order chi connectivity index (χ1) is 15.4. The largest absolute Gasteiger partial charge is 0.348 e. The van der Waals surface area contributed by atoms with Crippen LogP contribution in [-0.4, -0.2) is 47.8 Å². The summed E-state index contributed by atoms with van der Waals surface area (Å²) in [7, 11) is 0. The predicted molar refractivity (Wildman–Crippen MR) is 127 cm³/mol. The maximum absolute atomic E-state index is 13.6. The third-order valence-electron chi connectivity index (χ3n) is 6.90. The molecule has 2 atom stereocenters. The van der Waals surface area contributed by atoms with Crippen LogP contribution in [0.1, 0.15) is 66.1 Å². The van der Waals surface area contributed by atoms with Gasteiger partial charge in [-0.2, -0.15) is 0 Å². The summed E-state index contributed by atoms with van der Waals surface area (Å²) in [6.45, 7) is 8.77. The van der Waals surface area contributed by atoms with Gasteiger partial charge in [-0.15, -0.1) is 0 Å². The molecule has 1 fully saturated rings. The van der Waals surface area contributed by atoms with Crippen LogP contribution < -0.4 is 5.32 Å². The second kappa shape index (κ2) is 9.86. The molecule has 5 heteroatoms. The van der Waals surface area contributed by atoms with Gasteiger partial charge in [-0.05, 0) is 68.7 Å². The van der Waals surface area contributed by atoms with E-state index in [1.165, 1.54) is 23.1 Å². The number of nitrogens with one attached hydrogen (secondary N) is 1. The Morgan fingerprint density at radius 1 is 1.03 bits per heavy atom. The molecule has 0 unspecified atom stereocenters. The quantitative estimate of drug-likeness (QED) is 0.773. The van der Waals surface area contributed by atoms with E-state index in [1.54, 1.807) is 0 Å². The third kappa shape index (κ3) is 4.88. The highest BCUT2D eigenvalue weighted by atomic mass is 16.2. The second-order valence-electron chi connectivity index (χ2n) is 9.36. The topological polar surface area (TPSA) is 52.7 Å². The van der Waals surface area contributed by atoms with Gasteiger partial charge >= 0.3 is 0 Å². The van der Waals surface area contributed by atoms with E-state index in [0.29, 0.717) is 6.54 Å². The number of rotatable bonds is 5. The normalized spacial score (nSPS) is 19.8. The first-order valence-corrected chi connectivity index (χ1v) is 11.9. The average Bonchev–Trinajstić information content (AvgIpc) is 2.79. The van der Waals surface area contributed by atoms with Crippen LogP contribution in [0.4, 0.5) is 0 Å². The third-order valence-corrected chi connectivity index (χ3v) is 6.90. The molecular weight excluding hydrogens is 398 g/mol. The van der Waals surface area contributed by atoms with Crippen LogP contribution in [0.5, 0.6) is 0 Å². The number of carbonyl (C=O) groups is 2. The molecule has 0 spiro atoms. The number of piperidine rings is 1. The van der Waals surface area contributed by atoms with Crippen molar-refractivity contribution in [2.45, 2.75) is 58.5 Å². The lowest BCUT2D eigenvalue weighted by Crippen LogP contribution is -2.50. The molecule has 0 aliphatic carbocycles. The lowest BCUT2D eigenvalue weighted by molar-refractivity contribution is -0.139. The van der Waals surface area contributed by atoms with Gasteiger partial charge in [-0.3, -0.25) is 14.5 Å². The summed E-state index contributed by atoms with van der Waals surface area (Å²) >= 11 is 0. The van der Waals surface area contributed by atoms with E-state index in [0.717, 1.165) is 43.5 Å². The number of likely N-dealkylation sites (tertiary alicyclic amines) is 1. The highest BCUT2D eigenvalue weighted by Gasteiger charge is 2.36. The number of amides is 2. The molecule has 170 valence electrons. The van der Waals surface area contributed by atoms with Crippen molar-refractivity contribution in [3.63, 3.8) is 0 Å². The fourth-order valence-electron chi connectivity index (χ4n) is 5.23. The Bertz CT molecular complexity index is 981. The first-order valence-electron chi connectivity index (χ1n) is 11.9. The van der Waals surface area contributed by atoms with Crippen molar-refractivity contribution in [1.29, 1.82) is 0 Å². The van der Waals surface area contributed by atoms with Crippen LogP contribution >= 0.6 is 0 Å². The highest BCUT2D eigenvalue weighted by molar-refractivity contribution is 5.86. The van der Waals surface area contributed by atoms with Crippen LogP contribution in [0.15, 0.2) is 42.5 Å². The monoisotopic (exact) mass is 433 g/mol. The van der Waals surface area contributed by atoms with Crippen molar-refractivity contribution in [2.75, 3.05) is 26.2 Å². The summed E-state index contributed by atoms with van der Waals surface area (Å²) in [6, 6.07) is 14.1. The molecule has 0 radical (unpaired) electrons. The summed E-state index contributed by atoms with van der Waals surface area (Å²) in [5, 5.41) is 3.16. The van der Waals surface area contributed by atoms with Gasteiger partial charge in [0.1, 0.15) is 6.04 Å². The number of hydrogen-bond donors (Lipinski definition) is 1. The highest BCUT2D eigenvalue weighted by Crippen LogP contribution is 2.32. The molecule has 2 heterocycles. The Labute approximate surface area is 191 Å². The molecule has 32 heavy (non-hydrogen) atoms. The molecule has 1 N–H and O–H groups in total. The predicted octanol–water partition coefficient (Wildman–Crippen LogP) is 4.09. The molecule has 2 aliphatic heterocycles. The summed E-state index contributed by atoms with van der Waals surface area (Å²) in [5.74, 6) is 0.111. The molecule has 0 bridgehead atoms. The molecule has 0 aromatic heterocycles. The summed E-state index contributed by atoms with van der Waals surface area (Å²) in [4.78, 5) is 30.7. The Hall–Kier alpha value is -2.66. The molecule has 2 aliphatic rings. The minimum Gasteiger partial charge on any atom is -0.348 e. The molecule has 1 saturated heterocycles. The summed E-state index contributed by atoms with van der Waals surface area (Å²) in [5.41, 5.74) is 5.82. The second-order valence-corrected chi connectivity index (χ2v) is 9.36. The Morgan fingerprint density at radius 2 is 1.78 bits per heavy atom. The van der Waals surface area contributed by atoms with Crippen LogP contribution in [0.3, 0.4) is 0 Å². The zero-order valence-corrected chi connectivity index (χ0v) is 19.6. The van der Waals surface area contributed by atoms with E-state index in [9.17, 15) is 9.59 Å². The van der Waals surface area contributed by atoms with E-state index >= 15 is 0 Å². The van der Waals surface area contributed by atoms with Gasteiger partial charge in [0.25, 0.3) is 0 Å². The number of nitrogens with zero attached hydrogens (tertiary/aromatic N) is 2. The Morgan fingerprint density at radius 3 is 2.53 bits per heavy atom. The smallest absolute Gasteiger partial charge is 0.244 e. The van der Waals surface area contributed by atoms with Gasteiger partial charge in [0.05, 0.1) is 12.6 Å². The molecule has 2 aromatic carbocycles. The molecule has 2 amide bonds. The summed E-state index contributed by atoms with van der Waals surface area (Å²) in [6.07, 6.45) is 4.18. The van der Waals surface area contributed by atoms with Crippen LogP contribution in [0, 0.1) is 13.8 Å². The number of carbonyl (C=O) groups excluding carboxylic acids is 2. The van der Waals surface area contributed by atoms with Crippen LogP contribution in [0.2, 0.25) is 0 Å². The standard InChI is InChI=1S/C27H35N3O2/c1-19-11-12-23(20(2)17-19)21(3)28-25(31)18-30-16-13-22-9-5-6-10-24(22)26(30)27(32)29-14-7-4-8-15-29/h5-6,9-12,17,21,26H,4,7-8,13-16,18H2,1-3H3,(H,28,31)/t21-,26+/m0/s1. The molecule has 4 rings (SSSR count). The van der Waals surface area contributed by atoms with Crippen molar-refractivity contribution in [3.8, 4) is 0 Å². The van der Waals surface area contributed by atoms with E-state index in [2.05, 4.69) is 54.4 Å². The van der Waals surface area contributed by atoms with Crippen molar-refractivity contribution in [2.24, 2.45) is 0 Å². The van der Waals surface area contributed by atoms with Crippen molar-refractivity contribution in [1.82, 2.24) is 15.1 Å². The van der Waals surface area contributed by atoms with E-state index in [-0.39, 0.29) is 30.4 Å². The van der Waals surface area contributed by atoms with Crippen molar-refractivity contribution < 1.29 is 9.59 Å². The van der Waals surface area contributed by atoms with Crippen LogP contribution in [-0.2, 0) is 16.0 Å². The molecule has 0 saturated carbocycles. The van der Waals surface area contributed by atoms with Gasteiger partial charge in [0.15, 0.2) is 0 Å². The maximum atomic E-state index is 13.6. The zero-order chi connectivity index (χ0) is 22.7. The SMILES string of the molecule is Cc1ccc([C@H](C)NC(=O)CN2CCc3ccccc3[C@@H]2C(=O)N2CCCCC2)c(C)c1. The van der Waals surface area contributed by atoms with Gasteiger partial charge in [0.2, 0.25) is 11.8 Å². The van der Waals surface area contributed by atoms with E-state index in [1.807, 2.05) is 24.0 Å². The van der Waals surface area contributed by atoms with Gasteiger partial charge in [0, 0.05) is 19.6 Å². The lowest BCUT2D eigenvalue weighted by Gasteiger charge is -2.39. The fourth-order valence-corrected chi connectivity index (χ4v) is 5.23. The Kier molecular flexibility index (Phi) is 6.95. The van der Waals surface area contributed by atoms with Gasteiger partial charge < -0.3 is 10.2 Å². The van der Waals surface area contributed by atoms with Gasteiger partial charge in [-0.1, -0.05) is 48.0 Å². The van der Waals surface area contributed by atoms with Crippen molar-refractivity contribution >= 4 is 11.8 Å². The average molecular weight is 434 g/mol. The van der Waals surface area contributed by atoms with Crippen molar-refractivity contribution in [3.05, 3.63) is 70.3 Å². The van der Waals surface area contributed by atoms with Gasteiger partial charge in [-0.25, -0.2) is 0 Å². The zero-order valence-electron chi connectivity index (χ0n) is 19.6. The number of fused-ring (bicyclic) bond motifs is 1. The first kappa shape index (κ1) is 22.5. The Balaban J connectivity index is 1.50. The molecular formula is C27H35N3O2. The number of hydrogen-bond acceptors (Lipinski definition) is 3. The molecule has 5 nitrogen and oxygen atoms in total. The summed E-state index contributed by atoms with van der Waals surface area (Å²) < 4.78 is 0. The number of benzene rings is 2. The fraction of sp³-hybridized carbons (Fsp3) is 0.481. The lowest BCUT2D eigenvalue weighted by atomic mass is 9.91. The van der Waals surface area contributed by atoms with Crippen LogP contribution in [0.25, 0.3) is 0 Å². The van der Waals surface area contributed by atoms with E-state index < -0.39 is 0 Å². The maximum Gasteiger partial charge on any atom is 0.244 e. The minimum atomic E-state index is -0.375. The van der Waals surface area contributed by atoms with E-state index in [4.69, 9.17) is 0 Å². The minimum absolute atomic E-state index is 0.0340. The number of aryl methyl sites for hydroxylation is 2.